The van der Waals surface area contributed by atoms with Gasteiger partial charge in [-0.1, -0.05) is 6.92 Å². The smallest absolute Gasteiger partial charge is 0.314 e. The number of primary amides is 1. The third kappa shape index (κ3) is 3.60. The first-order valence-corrected chi connectivity index (χ1v) is 6.39. The average molecular weight is 257 g/mol. The van der Waals surface area contributed by atoms with Gasteiger partial charge in [-0.2, -0.15) is 0 Å². The van der Waals surface area contributed by atoms with Gasteiger partial charge in [-0.05, 0) is 26.2 Å². The lowest BCUT2D eigenvalue weighted by molar-refractivity contribution is -0.128. The third-order valence-electron chi connectivity index (χ3n) is 3.66. The molecule has 0 aromatic carbocycles. The van der Waals surface area contributed by atoms with Crippen molar-refractivity contribution >= 4 is 11.9 Å². The van der Waals surface area contributed by atoms with Crippen LogP contribution in [0.5, 0.6) is 0 Å². The molecule has 0 aliphatic carbocycles. The average Bonchev–Trinajstić information content (AvgIpc) is 2.38. The second-order valence-corrected chi connectivity index (χ2v) is 5.18. The number of carbonyl (C=O) groups excluding carboxylic acids is 2. The number of urea groups is 1. The molecule has 1 saturated heterocycles. The Hall–Kier alpha value is -1.30. The molecule has 1 fully saturated rings. The Morgan fingerprint density at radius 2 is 2.22 bits per heavy atom. The number of likely N-dealkylation sites (tertiary alicyclic amines) is 1. The minimum absolute atomic E-state index is 0.0957. The highest BCUT2D eigenvalue weighted by Gasteiger charge is 2.31. The summed E-state index contributed by atoms with van der Waals surface area (Å²) in [6, 6.07) is -0.479. The topological polar surface area (TPSA) is 95.7 Å². The number of aliphatic hydroxyl groups is 1. The molecule has 4 N–H and O–H groups in total. The van der Waals surface area contributed by atoms with Gasteiger partial charge in [0.1, 0.15) is 0 Å². The lowest BCUT2D eigenvalue weighted by Crippen LogP contribution is -2.54. The summed E-state index contributed by atoms with van der Waals surface area (Å²) in [6.07, 6.45) is 2.19. The molecule has 0 radical (unpaired) electrons. The van der Waals surface area contributed by atoms with Crippen LogP contribution in [0.15, 0.2) is 0 Å². The summed E-state index contributed by atoms with van der Waals surface area (Å²) in [6.45, 7) is 4.60. The fraction of sp³-hybridized carbons (Fsp3) is 0.833. The molecule has 0 saturated carbocycles. The zero-order valence-corrected chi connectivity index (χ0v) is 11.1. The van der Waals surface area contributed by atoms with Gasteiger partial charge in [0.05, 0.1) is 18.1 Å². The van der Waals surface area contributed by atoms with Crippen molar-refractivity contribution in [2.75, 3.05) is 19.7 Å². The Morgan fingerprint density at radius 3 is 2.72 bits per heavy atom. The van der Waals surface area contributed by atoms with Crippen molar-refractivity contribution in [2.24, 2.45) is 11.7 Å². The highest BCUT2D eigenvalue weighted by Crippen LogP contribution is 2.18. The van der Waals surface area contributed by atoms with Crippen molar-refractivity contribution in [3.05, 3.63) is 0 Å². The molecule has 3 amide bonds. The van der Waals surface area contributed by atoms with E-state index >= 15 is 0 Å². The van der Waals surface area contributed by atoms with Gasteiger partial charge in [0.2, 0.25) is 5.91 Å². The minimum atomic E-state index is -0.591. The summed E-state index contributed by atoms with van der Waals surface area (Å²) >= 11 is 0. The normalized spacial score (nSPS) is 23.3. The Labute approximate surface area is 108 Å². The van der Waals surface area contributed by atoms with Crippen molar-refractivity contribution in [1.82, 2.24) is 10.2 Å². The first-order chi connectivity index (χ1) is 8.41. The van der Waals surface area contributed by atoms with Gasteiger partial charge in [0.25, 0.3) is 0 Å². The van der Waals surface area contributed by atoms with Gasteiger partial charge in [0, 0.05) is 13.1 Å². The second-order valence-electron chi connectivity index (χ2n) is 5.18. The van der Waals surface area contributed by atoms with E-state index in [4.69, 9.17) is 5.73 Å². The van der Waals surface area contributed by atoms with E-state index in [9.17, 15) is 14.7 Å². The fourth-order valence-corrected chi connectivity index (χ4v) is 2.03. The lowest BCUT2D eigenvalue weighted by atomic mass is 9.94. The summed E-state index contributed by atoms with van der Waals surface area (Å²) in [4.78, 5) is 24.7. The number of piperidine rings is 1. The number of amides is 3. The number of nitrogens with one attached hydrogen (secondary N) is 1. The molecule has 0 aromatic heterocycles. The maximum absolute atomic E-state index is 12.1. The van der Waals surface area contributed by atoms with E-state index < -0.39 is 11.6 Å². The molecule has 2 unspecified atom stereocenters. The van der Waals surface area contributed by atoms with Crippen LogP contribution in [0.4, 0.5) is 4.79 Å². The largest absolute Gasteiger partial charge is 0.394 e. The first-order valence-electron chi connectivity index (χ1n) is 6.39. The van der Waals surface area contributed by atoms with E-state index in [-0.39, 0.29) is 18.4 Å². The summed E-state index contributed by atoms with van der Waals surface area (Å²) in [5, 5.41) is 12.1. The van der Waals surface area contributed by atoms with Crippen LogP contribution in [0.25, 0.3) is 0 Å². The van der Waals surface area contributed by atoms with Crippen LogP contribution >= 0.6 is 0 Å². The maximum Gasteiger partial charge on any atom is 0.314 e. The van der Waals surface area contributed by atoms with Crippen LogP contribution in [0.1, 0.15) is 33.1 Å². The zero-order chi connectivity index (χ0) is 13.8. The summed E-state index contributed by atoms with van der Waals surface area (Å²) in [5.74, 6) is -0.344. The molecule has 1 aliphatic rings. The maximum atomic E-state index is 12.1. The highest BCUT2D eigenvalue weighted by atomic mass is 16.3. The number of hydrogen-bond acceptors (Lipinski definition) is 3. The van der Waals surface area contributed by atoms with Crippen molar-refractivity contribution < 1.29 is 14.7 Å². The van der Waals surface area contributed by atoms with Crippen molar-refractivity contribution in [1.29, 1.82) is 0 Å². The minimum Gasteiger partial charge on any atom is -0.394 e. The lowest BCUT2D eigenvalue weighted by Gasteiger charge is -2.34. The molecule has 1 aliphatic heterocycles. The molecule has 104 valence electrons. The zero-order valence-electron chi connectivity index (χ0n) is 11.1. The van der Waals surface area contributed by atoms with Crippen LogP contribution in [-0.2, 0) is 4.79 Å². The molecule has 1 heterocycles. The highest BCUT2D eigenvalue weighted by molar-refractivity contribution is 5.81. The monoisotopic (exact) mass is 257 g/mol. The van der Waals surface area contributed by atoms with Crippen molar-refractivity contribution in [3.63, 3.8) is 0 Å². The standard InChI is InChI=1S/C12H23N3O3/c1-3-12(2,8-16)14-10(17)9-5-4-6-15(7-9)11(13)18/h9,16H,3-8H2,1-2H3,(H2,13,18)(H,14,17). The molecular weight excluding hydrogens is 234 g/mol. The molecule has 18 heavy (non-hydrogen) atoms. The number of aliphatic hydroxyl groups excluding tert-OH is 1. The number of rotatable bonds is 4. The molecule has 0 spiro atoms. The van der Waals surface area contributed by atoms with Crippen LogP contribution in [0.3, 0.4) is 0 Å². The quantitative estimate of drug-likeness (QED) is 0.664. The van der Waals surface area contributed by atoms with E-state index in [2.05, 4.69) is 5.32 Å². The van der Waals surface area contributed by atoms with Crippen LogP contribution in [0.2, 0.25) is 0 Å². The van der Waals surface area contributed by atoms with Gasteiger partial charge < -0.3 is 21.1 Å². The van der Waals surface area contributed by atoms with E-state index in [1.807, 2.05) is 6.92 Å². The summed E-state index contributed by atoms with van der Waals surface area (Å²) < 4.78 is 0. The van der Waals surface area contributed by atoms with Crippen molar-refractivity contribution in [3.8, 4) is 0 Å². The molecule has 0 aromatic rings. The summed E-state index contributed by atoms with van der Waals surface area (Å²) in [7, 11) is 0. The predicted octanol–water partition coefficient (Wildman–Crippen LogP) is 0.0543. The van der Waals surface area contributed by atoms with Gasteiger partial charge >= 0.3 is 6.03 Å². The van der Waals surface area contributed by atoms with Gasteiger partial charge in [-0.15, -0.1) is 0 Å². The van der Waals surface area contributed by atoms with Crippen LogP contribution in [-0.4, -0.2) is 47.2 Å². The number of hydrogen-bond donors (Lipinski definition) is 3. The first kappa shape index (κ1) is 14.8. The number of carbonyl (C=O) groups is 2. The van der Waals surface area contributed by atoms with E-state index in [0.29, 0.717) is 19.5 Å². The van der Waals surface area contributed by atoms with Gasteiger partial charge in [-0.3, -0.25) is 4.79 Å². The van der Waals surface area contributed by atoms with E-state index in [1.54, 1.807) is 6.92 Å². The SMILES string of the molecule is CCC(C)(CO)NC(=O)C1CCCN(C(N)=O)C1. The fourth-order valence-electron chi connectivity index (χ4n) is 2.03. The molecule has 6 heteroatoms. The second kappa shape index (κ2) is 6.04. The Kier molecular flexibility index (Phi) is 4.95. The predicted molar refractivity (Wildman–Crippen MR) is 67.8 cm³/mol. The number of nitrogens with two attached hydrogens (primary N) is 1. The molecule has 2 atom stereocenters. The molecule has 0 bridgehead atoms. The Balaban J connectivity index is 2.59. The number of nitrogens with zero attached hydrogens (tertiary/aromatic N) is 1. The van der Waals surface area contributed by atoms with Gasteiger partial charge in [-0.25, -0.2) is 4.79 Å². The third-order valence-corrected chi connectivity index (χ3v) is 3.66. The van der Waals surface area contributed by atoms with Crippen LogP contribution in [0, 0.1) is 5.92 Å². The van der Waals surface area contributed by atoms with Crippen molar-refractivity contribution in [2.45, 2.75) is 38.6 Å². The summed E-state index contributed by atoms with van der Waals surface area (Å²) in [5.41, 5.74) is 4.63. The van der Waals surface area contributed by atoms with E-state index in [0.717, 1.165) is 12.8 Å². The molecule has 6 nitrogen and oxygen atoms in total. The molecule has 1 rings (SSSR count). The Bertz CT molecular complexity index is 316. The Morgan fingerprint density at radius 1 is 1.56 bits per heavy atom. The van der Waals surface area contributed by atoms with Crippen LogP contribution < -0.4 is 11.1 Å². The van der Waals surface area contributed by atoms with E-state index in [1.165, 1.54) is 4.90 Å². The molecular formula is C12H23N3O3. The van der Waals surface area contributed by atoms with Gasteiger partial charge in [0.15, 0.2) is 0 Å².